The van der Waals surface area contributed by atoms with E-state index in [0.717, 1.165) is 11.1 Å². The molecular formula is C24H25NO6. The molecular weight excluding hydrogens is 398 g/mol. The average molecular weight is 423 g/mol. The Morgan fingerprint density at radius 3 is 2.42 bits per heavy atom. The number of nitrogens with one attached hydrogen (secondary N) is 1. The SMILES string of the molecule is CCC(NC(=O)OC(C)(C)C)C(=O)Oc1ccc2c(-c3ccccc3)cc(=O)oc2c1. The first-order valence-electron chi connectivity index (χ1n) is 10.0. The number of esters is 1. The first-order valence-corrected chi connectivity index (χ1v) is 10.0. The lowest BCUT2D eigenvalue weighted by atomic mass is 10.0. The van der Waals surface area contributed by atoms with E-state index in [4.69, 9.17) is 13.9 Å². The standard InChI is InChI=1S/C24H25NO6/c1-5-19(25-23(28)31-24(2,3)4)22(27)29-16-11-12-17-18(15-9-7-6-8-10-15)14-21(26)30-20(17)13-16/h6-14,19H,5H2,1-4H3,(H,25,28). The summed E-state index contributed by atoms with van der Waals surface area (Å²) in [6, 6.07) is 14.8. The van der Waals surface area contributed by atoms with Crippen LogP contribution in [0.4, 0.5) is 4.79 Å². The van der Waals surface area contributed by atoms with Gasteiger partial charge in [0.25, 0.3) is 0 Å². The Bertz CT molecular complexity index is 1140. The van der Waals surface area contributed by atoms with Gasteiger partial charge < -0.3 is 19.2 Å². The van der Waals surface area contributed by atoms with Crippen molar-refractivity contribution < 1.29 is 23.5 Å². The highest BCUT2D eigenvalue weighted by Crippen LogP contribution is 2.29. The molecule has 7 nitrogen and oxygen atoms in total. The first kappa shape index (κ1) is 22.1. The summed E-state index contributed by atoms with van der Waals surface area (Å²) < 4.78 is 15.9. The van der Waals surface area contributed by atoms with Crippen LogP contribution in [0.15, 0.2) is 63.8 Å². The highest BCUT2D eigenvalue weighted by molar-refractivity contribution is 5.94. The van der Waals surface area contributed by atoms with Crippen LogP contribution >= 0.6 is 0 Å². The highest BCUT2D eigenvalue weighted by Gasteiger charge is 2.24. The molecule has 1 heterocycles. The van der Waals surface area contributed by atoms with Crippen LogP contribution in [-0.4, -0.2) is 23.7 Å². The molecule has 1 atom stereocenters. The second-order valence-electron chi connectivity index (χ2n) is 8.03. The molecule has 1 unspecified atom stereocenters. The quantitative estimate of drug-likeness (QED) is 0.364. The molecule has 1 aromatic heterocycles. The van der Waals surface area contributed by atoms with Crippen LogP contribution in [-0.2, 0) is 9.53 Å². The topological polar surface area (TPSA) is 94.8 Å². The second-order valence-corrected chi connectivity index (χ2v) is 8.03. The molecule has 2 aromatic carbocycles. The summed E-state index contributed by atoms with van der Waals surface area (Å²) in [6.07, 6.45) is -0.382. The van der Waals surface area contributed by atoms with Crippen molar-refractivity contribution in [2.24, 2.45) is 0 Å². The summed E-state index contributed by atoms with van der Waals surface area (Å²) >= 11 is 0. The van der Waals surface area contributed by atoms with Gasteiger partial charge in [-0.15, -0.1) is 0 Å². The smallest absolute Gasteiger partial charge is 0.408 e. The van der Waals surface area contributed by atoms with Gasteiger partial charge in [-0.05, 0) is 50.5 Å². The third-order valence-electron chi connectivity index (χ3n) is 4.40. The zero-order valence-electron chi connectivity index (χ0n) is 17.9. The molecule has 0 spiro atoms. The fourth-order valence-electron chi connectivity index (χ4n) is 3.03. The van der Waals surface area contributed by atoms with Crippen LogP contribution in [0.5, 0.6) is 5.75 Å². The summed E-state index contributed by atoms with van der Waals surface area (Å²) in [5, 5.41) is 3.22. The molecule has 0 fully saturated rings. The Labute approximate surface area is 180 Å². The Morgan fingerprint density at radius 1 is 1.06 bits per heavy atom. The van der Waals surface area contributed by atoms with Crippen molar-refractivity contribution in [1.29, 1.82) is 0 Å². The zero-order chi connectivity index (χ0) is 22.6. The van der Waals surface area contributed by atoms with E-state index in [0.29, 0.717) is 17.4 Å². The molecule has 0 radical (unpaired) electrons. The number of amides is 1. The number of ether oxygens (including phenoxy) is 2. The van der Waals surface area contributed by atoms with Crippen LogP contribution in [0.1, 0.15) is 34.1 Å². The number of carbonyl (C=O) groups is 2. The predicted octanol–water partition coefficient (Wildman–Crippen LogP) is 4.67. The van der Waals surface area contributed by atoms with Gasteiger partial charge in [0, 0.05) is 17.5 Å². The summed E-state index contributed by atoms with van der Waals surface area (Å²) in [6.45, 7) is 6.95. The van der Waals surface area contributed by atoms with E-state index in [1.807, 2.05) is 30.3 Å². The van der Waals surface area contributed by atoms with Gasteiger partial charge in [0.1, 0.15) is 23.0 Å². The van der Waals surface area contributed by atoms with E-state index in [9.17, 15) is 14.4 Å². The maximum absolute atomic E-state index is 12.6. The Hall–Kier alpha value is -3.61. The molecule has 3 rings (SSSR count). The van der Waals surface area contributed by atoms with Crippen LogP contribution in [0.25, 0.3) is 22.1 Å². The fourth-order valence-corrected chi connectivity index (χ4v) is 3.03. The molecule has 0 aliphatic rings. The maximum Gasteiger partial charge on any atom is 0.408 e. The lowest BCUT2D eigenvalue weighted by Gasteiger charge is -2.22. The lowest BCUT2D eigenvalue weighted by Crippen LogP contribution is -2.44. The number of benzene rings is 2. The van der Waals surface area contributed by atoms with Crippen molar-refractivity contribution in [2.75, 3.05) is 0 Å². The Balaban J connectivity index is 1.82. The third kappa shape index (κ3) is 5.72. The largest absolute Gasteiger partial charge is 0.444 e. The number of hydrogen-bond donors (Lipinski definition) is 1. The van der Waals surface area contributed by atoms with Gasteiger partial charge >= 0.3 is 17.7 Å². The van der Waals surface area contributed by atoms with Gasteiger partial charge in [-0.25, -0.2) is 14.4 Å². The molecule has 1 N–H and O–H groups in total. The van der Waals surface area contributed by atoms with E-state index in [1.54, 1.807) is 39.8 Å². The van der Waals surface area contributed by atoms with Crippen molar-refractivity contribution in [3.05, 3.63) is 65.0 Å². The summed E-state index contributed by atoms with van der Waals surface area (Å²) in [7, 11) is 0. The first-order chi connectivity index (χ1) is 14.7. The zero-order valence-corrected chi connectivity index (χ0v) is 17.9. The molecule has 0 aliphatic heterocycles. The molecule has 7 heteroatoms. The van der Waals surface area contributed by atoms with E-state index in [-0.39, 0.29) is 5.75 Å². The summed E-state index contributed by atoms with van der Waals surface area (Å²) in [4.78, 5) is 36.6. The molecule has 31 heavy (non-hydrogen) atoms. The van der Waals surface area contributed by atoms with Crippen molar-refractivity contribution in [1.82, 2.24) is 5.32 Å². The molecule has 1 amide bonds. The maximum atomic E-state index is 12.6. The molecule has 0 saturated carbocycles. The Morgan fingerprint density at radius 2 is 1.77 bits per heavy atom. The van der Waals surface area contributed by atoms with Crippen molar-refractivity contribution in [3.8, 4) is 16.9 Å². The molecule has 0 aliphatic carbocycles. The average Bonchev–Trinajstić information content (AvgIpc) is 2.70. The molecule has 162 valence electrons. The van der Waals surface area contributed by atoms with Crippen LogP contribution < -0.4 is 15.7 Å². The fraction of sp³-hybridized carbons (Fsp3) is 0.292. The second kappa shape index (κ2) is 9.04. The minimum absolute atomic E-state index is 0.204. The summed E-state index contributed by atoms with van der Waals surface area (Å²) in [5.74, 6) is -0.440. The number of fused-ring (bicyclic) bond motifs is 1. The molecule has 3 aromatic rings. The molecule has 0 bridgehead atoms. The van der Waals surface area contributed by atoms with Crippen LogP contribution in [0.2, 0.25) is 0 Å². The third-order valence-corrected chi connectivity index (χ3v) is 4.40. The van der Waals surface area contributed by atoms with E-state index < -0.39 is 29.3 Å². The van der Waals surface area contributed by atoms with Gasteiger partial charge in [0.15, 0.2) is 0 Å². The van der Waals surface area contributed by atoms with Gasteiger partial charge in [-0.1, -0.05) is 37.3 Å². The number of carbonyl (C=O) groups excluding carboxylic acids is 2. The summed E-state index contributed by atoms with van der Waals surface area (Å²) in [5.41, 5.74) is 0.705. The van der Waals surface area contributed by atoms with E-state index in [1.165, 1.54) is 12.1 Å². The normalized spacial score (nSPS) is 12.3. The minimum Gasteiger partial charge on any atom is -0.444 e. The van der Waals surface area contributed by atoms with Crippen molar-refractivity contribution in [3.63, 3.8) is 0 Å². The van der Waals surface area contributed by atoms with Gasteiger partial charge in [-0.2, -0.15) is 0 Å². The van der Waals surface area contributed by atoms with Gasteiger partial charge in [0.05, 0.1) is 0 Å². The minimum atomic E-state index is -0.881. The number of rotatable bonds is 5. The van der Waals surface area contributed by atoms with Crippen LogP contribution in [0.3, 0.4) is 0 Å². The number of hydrogen-bond acceptors (Lipinski definition) is 6. The van der Waals surface area contributed by atoms with Crippen molar-refractivity contribution >= 4 is 23.0 Å². The number of alkyl carbamates (subject to hydrolysis) is 1. The van der Waals surface area contributed by atoms with Crippen molar-refractivity contribution in [2.45, 2.75) is 45.8 Å². The van der Waals surface area contributed by atoms with E-state index >= 15 is 0 Å². The highest BCUT2D eigenvalue weighted by atomic mass is 16.6. The molecule has 0 saturated heterocycles. The van der Waals surface area contributed by atoms with E-state index in [2.05, 4.69) is 5.32 Å². The Kier molecular flexibility index (Phi) is 6.44. The lowest BCUT2D eigenvalue weighted by molar-refractivity contribution is -0.136. The van der Waals surface area contributed by atoms with Crippen LogP contribution in [0, 0.1) is 0 Å². The predicted molar refractivity (Wildman–Crippen MR) is 117 cm³/mol. The van der Waals surface area contributed by atoms with Gasteiger partial charge in [0.2, 0.25) is 0 Å². The monoisotopic (exact) mass is 423 g/mol. The van der Waals surface area contributed by atoms with Gasteiger partial charge in [-0.3, -0.25) is 0 Å².